The molecule has 224 valence electrons. The van der Waals surface area contributed by atoms with Crippen LogP contribution in [0.5, 0.6) is 0 Å². The highest BCUT2D eigenvalue weighted by atomic mass is 79.9. The summed E-state index contributed by atoms with van der Waals surface area (Å²) in [6.45, 7) is 12.3. The van der Waals surface area contributed by atoms with Crippen molar-refractivity contribution in [3.05, 3.63) is 61.2 Å². The summed E-state index contributed by atoms with van der Waals surface area (Å²) < 4.78 is -0.666. The molecule has 3 heterocycles. The van der Waals surface area contributed by atoms with Gasteiger partial charge in [-0.3, -0.25) is 14.4 Å². The second kappa shape index (κ2) is 14.4. The van der Waals surface area contributed by atoms with E-state index in [0.29, 0.717) is 39.1 Å². The number of halogens is 1. The Morgan fingerprint density at radius 2 is 1.78 bits per heavy atom. The summed E-state index contributed by atoms with van der Waals surface area (Å²) >= 11 is 5.57. The van der Waals surface area contributed by atoms with E-state index in [0.717, 1.165) is 37.7 Å². The molecule has 7 nitrogen and oxygen atoms in total. The summed E-state index contributed by atoms with van der Waals surface area (Å²) in [5, 5.41) is 9.14. The molecule has 1 aromatic carbocycles. The Labute approximate surface area is 257 Å². The fourth-order valence-corrected chi connectivity index (χ4v) is 10.6. The van der Waals surface area contributed by atoms with Crippen LogP contribution in [0.1, 0.15) is 51.0 Å². The molecule has 3 aliphatic rings. The molecule has 9 heteroatoms. The van der Waals surface area contributed by atoms with E-state index in [1.54, 1.807) is 28.8 Å². The van der Waals surface area contributed by atoms with Gasteiger partial charge in [0.2, 0.25) is 17.7 Å². The van der Waals surface area contributed by atoms with E-state index in [4.69, 9.17) is 0 Å². The number of nitrogens with zero attached hydrogens (tertiary/aromatic N) is 3. The number of unbranched alkanes of at least 4 members (excludes halogenated alkanes) is 3. The molecule has 0 radical (unpaired) electrons. The minimum atomic E-state index is -0.666. The van der Waals surface area contributed by atoms with Crippen LogP contribution in [-0.4, -0.2) is 91.2 Å². The number of likely N-dealkylation sites (tertiary alicyclic amines) is 1. The standard InChI is InChI=1S/C32H44BrN3O4S/c1-4-16-34(17-5-2)29(38)25-26-30(39)36(19-12-7-8-13-20-37)28(32(26)21-24(33)27(25)41-32)31(40)35(18-6-3)22-23-14-10-9-11-15-23/h4,6,9-11,14-15,24-28,37H,1,3,5,7-8,12-13,16-22H2,2H3/t24?,25-,26+,27-,28?,32?/m1/s1. The van der Waals surface area contributed by atoms with Gasteiger partial charge < -0.3 is 19.8 Å². The van der Waals surface area contributed by atoms with E-state index in [9.17, 15) is 19.5 Å². The first-order valence-electron chi connectivity index (χ1n) is 14.9. The maximum Gasteiger partial charge on any atom is 0.247 e. The lowest BCUT2D eigenvalue weighted by atomic mass is 9.70. The van der Waals surface area contributed by atoms with Crippen LogP contribution in [0.3, 0.4) is 0 Å². The minimum absolute atomic E-state index is 0.00291. The van der Waals surface area contributed by atoms with Crippen LogP contribution in [0.2, 0.25) is 0 Å². The van der Waals surface area contributed by atoms with Crippen LogP contribution < -0.4 is 0 Å². The Hall–Kier alpha value is -2.10. The Morgan fingerprint density at radius 3 is 2.44 bits per heavy atom. The van der Waals surface area contributed by atoms with Crippen molar-refractivity contribution in [1.29, 1.82) is 0 Å². The van der Waals surface area contributed by atoms with Crippen LogP contribution in [0.25, 0.3) is 0 Å². The summed E-state index contributed by atoms with van der Waals surface area (Å²) in [5.74, 6) is -1.15. The number of hydrogen-bond donors (Lipinski definition) is 1. The average Bonchev–Trinajstić information content (AvgIpc) is 3.55. The van der Waals surface area contributed by atoms with Crippen LogP contribution in [0.4, 0.5) is 0 Å². The van der Waals surface area contributed by atoms with Gasteiger partial charge in [0, 0.05) is 49.4 Å². The molecule has 1 N–H and O–H groups in total. The van der Waals surface area contributed by atoms with Crippen molar-refractivity contribution in [3.63, 3.8) is 0 Å². The second-order valence-corrected chi connectivity index (χ2v) is 14.1. The Morgan fingerprint density at radius 1 is 1.10 bits per heavy atom. The molecule has 6 atom stereocenters. The largest absolute Gasteiger partial charge is 0.396 e. The smallest absolute Gasteiger partial charge is 0.247 e. The van der Waals surface area contributed by atoms with E-state index in [1.807, 2.05) is 47.1 Å². The molecule has 3 amide bonds. The van der Waals surface area contributed by atoms with Gasteiger partial charge in [0.05, 0.1) is 16.6 Å². The number of hydrogen-bond acceptors (Lipinski definition) is 5. The third kappa shape index (κ3) is 6.32. The number of fused-ring (bicyclic) bond motifs is 1. The molecule has 3 aliphatic heterocycles. The van der Waals surface area contributed by atoms with Crippen LogP contribution in [0.15, 0.2) is 55.6 Å². The predicted octanol–water partition coefficient (Wildman–Crippen LogP) is 4.64. The number of carbonyl (C=O) groups is 3. The predicted molar refractivity (Wildman–Crippen MR) is 169 cm³/mol. The molecular formula is C32H44BrN3O4S. The number of benzene rings is 1. The molecule has 4 rings (SSSR count). The molecule has 0 aromatic heterocycles. The maximum absolute atomic E-state index is 14.6. The van der Waals surface area contributed by atoms with Crippen molar-refractivity contribution >= 4 is 45.4 Å². The van der Waals surface area contributed by atoms with Gasteiger partial charge in [-0.05, 0) is 31.2 Å². The van der Waals surface area contributed by atoms with Gasteiger partial charge in [0.15, 0.2) is 0 Å². The summed E-state index contributed by atoms with van der Waals surface area (Å²) in [4.78, 5) is 48.5. The number of aliphatic hydroxyl groups excluding tert-OH is 1. The first-order valence-corrected chi connectivity index (χ1v) is 16.7. The van der Waals surface area contributed by atoms with Crippen LogP contribution in [-0.2, 0) is 20.9 Å². The number of thioether (sulfide) groups is 1. The quantitative estimate of drug-likeness (QED) is 0.161. The third-order valence-corrected chi connectivity index (χ3v) is 11.9. The van der Waals surface area contributed by atoms with Gasteiger partial charge in [-0.15, -0.1) is 24.9 Å². The lowest BCUT2D eigenvalue weighted by molar-refractivity contribution is -0.144. The first kappa shape index (κ1) is 31.8. The van der Waals surface area contributed by atoms with Gasteiger partial charge in [0.1, 0.15) is 6.04 Å². The normalized spacial score (nSPS) is 28.0. The highest BCUT2D eigenvalue weighted by Crippen LogP contribution is 2.68. The van der Waals surface area contributed by atoms with Crippen molar-refractivity contribution in [2.45, 2.75) is 72.9 Å². The van der Waals surface area contributed by atoms with Crippen molar-refractivity contribution < 1.29 is 19.5 Å². The molecule has 41 heavy (non-hydrogen) atoms. The van der Waals surface area contributed by atoms with E-state index < -0.39 is 22.6 Å². The summed E-state index contributed by atoms with van der Waals surface area (Å²) in [6.07, 6.45) is 8.19. The summed E-state index contributed by atoms with van der Waals surface area (Å²) in [7, 11) is 0. The molecule has 1 aromatic rings. The molecule has 3 unspecified atom stereocenters. The van der Waals surface area contributed by atoms with E-state index in [1.165, 1.54) is 0 Å². The third-order valence-electron chi connectivity index (χ3n) is 8.65. The summed E-state index contributed by atoms with van der Waals surface area (Å²) in [5.41, 5.74) is 1.02. The summed E-state index contributed by atoms with van der Waals surface area (Å²) in [6, 6.07) is 9.24. The molecule has 0 aliphatic carbocycles. The van der Waals surface area contributed by atoms with Gasteiger partial charge in [-0.2, -0.15) is 0 Å². The molecule has 0 saturated carbocycles. The van der Waals surface area contributed by atoms with Crippen LogP contribution >= 0.6 is 27.7 Å². The monoisotopic (exact) mass is 645 g/mol. The van der Waals surface area contributed by atoms with Gasteiger partial charge >= 0.3 is 0 Å². The molecular weight excluding hydrogens is 602 g/mol. The lowest BCUT2D eigenvalue weighted by Gasteiger charge is -2.38. The molecule has 1 spiro atoms. The fraction of sp³-hybridized carbons (Fsp3) is 0.594. The zero-order chi connectivity index (χ0) is 29.6. The highest BCUT2D eigenvalue weighted by molar-refractivity contribution is 9.09. The van der Waals surface area contributed by atoms with Gasteiger partial charge in [0.25, 0.3) is 0 Å². The zero-order valence-corrected chi connectivity index (χ0v) is 26.5. The average molecular weight is 647 g/mol. The Bertz CT molecular complexity index is 1100. The number of amides is 3. The van der Waals surface area contributed by atoms with E-state index >= 15 is 0 Å². The zero-order valence-electron chi connectivity index (χ0n) is 24.1. The number of carbonyl (C=O) groups excluding carboxylic acids is 3. The fourth-order valence-electron chi connectivity index (χ4n) is 6.97. The second-order valence-electron chi connectivity index (χ2n) is 11.4. The Kier molecular flexibility index (Phi) is 11.2. The van der Waals surface area contributed by atoms with Crippen molar-refractivity contribution in [1.82, 2.24) is 14.7 Å². The van der Waals surface area contributed by atoms with Crippen LogP contribution in [0, 0.1) is 11.8 Å². The van der Waals surface area contributed by atoms with Crippen molar-refractivity contribution in [2.75, 3.05) is 32.8 Å². The van der Waals surface area contributed by atoms with Crippen molar-refractivity contribution in [2.24, 2.45) is 11.8 Å². The van der Waals surface area contributed by atoms with Gasteiger partial charge in [-0.1, -0.05) is 78.2 Å². The van der Waals surface area contributed by atoms with Crippen molar-refractivity contribution in [3.8, 4) is 0 Å². The first-order chi connectivity index (χ1) is 19.8. The maximum atomic E-state index is 14.6. The number of alkyl halides is 1. The lowest BCUT2D eigenvalue weighted by Crippen LogP contribution is -2.55. The molecule has 3 saturated heterocycles. The molecule has 3 fully saturated rings. The van der Waals surface area contributed by atoms with E-state index in [-0.39, 0.29) is 34.4 Å². The van der Waals surface area contributed by atoms with Gasteiger partial charge in [-0.25, -0.2) is 0 Å². The number of aliphatic hydroxyl groups is 1. The molecule has 2 bridgehead atoms. The Balaban J connectivity index is 1.70. The minimum Gasteiger partial charge on any atom is -0.396 e. The SMILES string of the molecule is C=CCN(Cc1ccccc1)C(=O)C1N(CCCCCCO)C(=O)[C@@H]2[C@@H](C(=O)N(CC=C)CCC)[C@@H]3SC12CC3Br. The highest BCUT2D eigenvalue weighted by Gasteiger charge is 2.75. The topological polar surface area (TPSA) is 81.2 Å². The number of rotatable bonds is 16. The van der Waals surface area contributed by atoms with E-state index in [2.05, 4.69) is 29.1 Å².